The number of halogens is 2. The maximum Gasteiger partial charge on any atom is 0.335 e. The summed E-state index contributed by atoms with van der Waals surface area (Å²) in [7, 11) is 0. The van der Waals surface area contributed by atoms with E-state index in [1.807, 2.05) is 0 Å². The van der Waals surface area contributed by atoms with Crippen LogP contribution in [0.5, 0.6) is 5.75 Å². The lowest BCUT2D eigenvalue weighted by Crippen LogP contribution is -2.27. The van der Waals surface area contributed by atoms with Crippen molar-refractivity contribution in [3.05, 3.63) is 27.7 Å². The van der Waals surface area contributed by atoms with Crippen LogP contribution >= 0.6 is 23.2 Å². The molecule has 0 radical (unpaired) electrons. The fourth-order valence-corrected chi connectivity index (χ4v) is 1.63. The number of hydrogen-bond donors (Lipinski definition) is 4. The smallest absolute Gasteiger partial charge is 0.335 e. The van der Waals surface area contributed by atoms with Crippen LogP contribution in [0.1, 0.15) is 11.7 Å². The molecule has 16 heavy (non-hydrogen) atoms. The normalized spacial score (nSPS) is 14.5. The third kappa shape index (κ3) is 2.56. The number of phenols is 1. The van der Waals surface area contributed by atoms with Crippen molar-refractivity contribution in [3.8, 4) is 5.75 Å². The van der Waals surface area contributed by atoms with E-state index in [9.17, 15) is 15.0 Å². The van der Waals surface area contributed by atoms with E-state index in [4.69, 9.17) is 33.4 Å². The van der Waals surface area contributed by atoms with Gasteiger partial charge in [-0.1, -0.05) is 23.2 Å². The van der Waals surface area contributed by atoms with Gasteiger partial charge < -0.3 is 20.4 Å². The Hall–Kier alpha value is -1.01. The number of carboxylic acids is 1. The molecule has 1 aromatic carbocycles. The van der Waals surface area contributed by atoms with Crippen LogP contribution in [0, 0.1) is 0 Å². The second-order valence-corrected chi connectivity index (χ2v) is 3.90. The first-order valence-electron chi connectivity index (χ1n) is 4.11. The number of carbonyl (C=O) groups is 1. The van der Waals surface area contributed by atoms with Crippen LogP contribution in [0.2, 0.25) is 10.0 Å². The first kappa shape index (κ1) is 13.1. The highest BCUT2D eigenvalue weighted by molar-refractivity contribution is 6.35. The zero-order valence-electron chi connectivity index (χ0n) is 7.76. The maximum atomic E-state index is 10.4. The van der Waals surface area contributed by atoms with Crippen molar-refractivity contribution in [2.45, 2.75) is 12.2 Å². The average Bonchev–Trinajstić information content (AvgIpc) is 2.21. The summed E-state index contributed by atoms with van der Waals surface area (Å²) >= 11 is 11.2. The van der Waals surface area contributed by atoms with Gasteiger partial charge in [0, 0.05) is 10.6 Å². The van der Waals surface area contributed by atoms with Crippen molar-refractivity contribution in [2.24, 2.45) is 0 Å². The lowest BCUT2D eigenvalue weighted by atomic mass is 10.0. The van der Waals surface area contributed by atoms with E-state index >= 15 is 0 Å². The molecule has 2 unspecified atom stereocenters. The van der Waals surface area contributed by atoms with Crippen molar-refractivity contribution >= 4 is 29.2 Å². The van der Waals surface area contributed by atoms with Crippen LogP contribution in [0.3, 0.4) is 0 Å². The quantitative estimate of drug-likeness (QED) is 0.659. The van der Waals surface area contributed by atoms with Gasteiger partial charge in [-0.3, -0.25) is 0 Å². The number of carboxylic acid groups (broad SMARTS) is 1. The van der Waals surface area contributed by atoms with Gasteiger partial charge in [0.1, 0.15) is 11.9 Å². The van der Waals surface area contributed by atoms with Crippen molar-refractivity contribution in [1.29, 1.82) is 0 Å². The van der Waals surface area contributed by atoms with Crippen molar-refractivity contribution in [2.75, 3.05) is 0 Å². The van der Waals surface area contributed by atoms with Gasteiger partial charge in [0.05, 0.1) is 5.02 Å². The van der Waals surface area contributed by atoms with Crippen molar-refractivity contribution in [3.63, 3.8) is 0 Å². The lowest BCUT2D eigenvalue weighted by molar-refractivity contribution is -0.153. The Morgan fingerprint density at radius 3 is 2.31 bits per heavy atom. The van der Waals surface area contributed by atoms with Gasteiger partial charge in [-0.15, -0.1) is 0 Å². The largest absolute Gasteiger partial charge is 0.506 e. The number of phenolic OH excluding ortho intramolecular Hbond substituents is 1. The summed E-state index contributed by atoms with van der Waals surface area (Å²) in [6, 6.07) is 2.35. The molecule has 0 fully saturated rings. The Morgan fingerprint density at radius 1 is 1.25 bits per heavy atom. The van der Waals surface area contributed by atoms with Crippen molar-refractivity contribution < 1.29 is 25.2 Å². The Labute approximate surface area is 100 Å². The molecule has 0 amide bonds. The van der Waals surface area contributed by atoms with Crippen LogP contribution in [-0.2, 0) is 4.79 Å². The van der Waals surface area contributed by atoms with Crippen LogP contribution in [0.25, 0.3) is 0 Å². The molecule has 88 valence electrons. The molecule has 0 bridgehead atoms. The number of aliphatic carboxylic acids is 1. The Morgan fingerprint density at radius 2 is 1.81 bits per heavy atom. The molecule has 1 rings (SSSR count). The molecule has 5 nitrogen and oxygen atoms in total. The molecule has 0 aromatic heterocycles. The highest BCUT2D eigenvalue weighted by atomic mass is 35.5. The van der Waals surface area contributed by atoms with Gasteiger partial charge >= 0.3 is 5.97 Å². The van der Waals surface area contributed by atoms with Gasteiger partial charge in [-0.2, -0.15) is 0 Å². The van der Waals surface area contributed by atoms with E-state index in [-0.39, 0.29) is 15.6 Å². The monoisotopic (exact) mass is 266 g/mol. The van der Waals surface area contributed by atoms with Crippen LogP contribution in [0.4, 0.5) is 0 Å². The highest BCUT2D eigenvalue weighted by Gasteiger charge is 2.28. The molecule has 1 aromatic rings. The molecule has 0 spiro atoms. The summed E-state index contributed by atoms with van der Waals surface area (Å²) in [6.07, 6.45) is -3.88. The minimum atomic E-state index is -2.07. The standard InChI is InChI=1S/C9H8Cl2O5/c10-3-1-4(6(12)5(11)2-3)7(13)8(14)9(15)16/h1-2,7-8,12-14H,(H,15,16). The third-order valence-corrected chi connectivity index (χ3v) is 2.43. The average molecular weight is 267 g/mol. The fraction of sp³-hybridized carbons (Fsp3) is 0.222. The summed E-state index contributed by atoms with van der Waals surface area (Å²) < 4.78 is 0. The van der Waals surface area contributed by atoms with Gasteiger partial charge in [0.25, 0.3) is 0 Å². The maximum absolute atomic E-state index is 10.4. The summed E-state index contributed by atoms with van der Waals surface area (Å²) in [5.41, 5.74) is -0.243. The van der Waals surface area contributed by atoms with E-state index in [2.05, 4.69) is 0 Å². The molecular formula is C9H8Cl2O5. The van der Waals surface area contributed by atoms with Gasteiger partial charge in [-0.05, 0) is 12.1 Å². The molecule has 2 atom stereocenters. The Kier molecular flexibility index (Phi) is 3.98. The number of rotatable bonds is 3. The number of hydrogen-bond acceptors (Lipinski definition) is 4. The van der Waals surface area contributed by atoms with Crippen LogP contribution in [-0.4, -0.2) is 32.5 Å². The first-order chi connectivity index (χ1) is 7.34. The minimum absolute atomic E-state index is 0.106. The van der Waals surface area contributed by atoms with E-state index in [0.717, 1.165) is 6.07 Å². The van der Waals surface area contributed by atoms with E-state index in [0.29, 0.717) is 0 Å². The minimum Gasteiger partial charge on any atom is -0.506 e. The molecule has 0 heterocycles. The fourth-order valence-electron chi connectivity index (χ4n) is 1.12. The predicted molar refractivity (Wildman–Crippen MR) is 56.7 cm³/mol. The number of aliphatic hydroxyl groups is 2. The number of aliphatic hydroxyl groups excluding tert-OH is 2. The van der Waals surface area contributed by atoms with E-state index in [1.165, 1.54) is 6.07 Å². The zero-order chi connectivity index (χ0) is 12.5. The van der Waals surface area contributed by atoms with Crippen molar-refractivity contribution in [1.82, 2.24) is 0 Å². The molecule has 0 aliphatic rings. The molecule has 0 aliphatic heterocycles. The predicted octanol–water partition coefficient (Wildman–Crippen LogP) is 1.18. The molecule has 7 heteroatoms. The lowest BCUT2D eigenvalue weighted by Gasteiger charge is -2.16. The molecule has 0 aliphatic carbocycles. The zero-order valence-corrected chi connectivity index (χ0v) is 9.27. The third-order valence-electron chi connectivity index (χ3n) is 1.93. The second kappa shape index (κ2) is 4.88. The Balaban J connectivity index is 3.17. The number of benzene rings is 1. The second-order valence-electron chi connectivity index (χ2n) is 3.05. The van der Waals surface area contributed by atoms with Crippen LogP contribution in [0.15, 0.2) is 12.1 Å². The summed E-state index contributed by atoms with van der Waals surface area (Å²) in [5.74, 6) is -2.14. The SMILES string of the molecule is O=C(O)C(O)C(O)c1cc(Cl)cc(Cl)c1O. The van der Waals surface area contributed by atoms with Gasteiger partial charge in [-0.25, -0.2) is 4.79 Å². The summed E-state index contributed by atoms with van der Waals surface area (Å²) in [5, 5.41) is 36.5. The molecule has 4 N–H and O–H groups in total. The number of aromatic hydroxyl groups is 1. The van der Waals surface area contributed by atoms with Gasteiger partial charge in [0.15, 0.2) is 6.10 Å². The van der Waals surface area contributed by atoms with Gasteiger partial charge in [0.2, 0.25) is 0 Å². The molecule has 0 saturated carbocycles. The van der Waals surface area contributed by atoms with E-state index < -0.39 is 23.9 Å². The van der Waals surface area contributed by atoms with Crippen LogP contribution < -0.4 is 0 Å². The highest BCUT2D eigenvalue weighted by Crippen LogP contribution is 2.35. The van der Waals surface area contributed by atoms with E-state index in [1.54, 1.807) is 0 Å². The summed E-state index contributed by atoms with van der Waals surface area (Å²) in [6.45, 7) is 0. The first-order valence-corrected chi connectivity index (χ1v) is 4.87. The molecule has 0 saturated heterocycles. The topological polar surface area (TPSA) is 98.0 Å². The molecular weight excluding hydrogens is 259 g/mol. The Bertz CT molecular complexity index is 421. The summed E-state index contributed by atoms with van der Waals surface area (Å²) in [4.78, 5) is 10.4.